The molecule has 1 heterocycles. The van der Waals surface area contributed by atoms with E-state index in [0.717, 1.165) is 22.5 Å². The van der Waals surface area contributed by atoms with Gasteiger partial charge in [0.05, 0.1) is 19.8 Å². The summed E-state index contributed by atoms with van der Waals surface area (Å²) >= 11 is 0. The molecular formula is C17H18N3O+. The summed E-state index contributed by atoms with van der Waals surface area (Å²) in [4.78, 5) is 12.1. The molecule has 1 amide bonds. The van der Waals surface area contributed by atoms with Crippen LogP contribution in [0, 0.1) is 0 Å². The Kier molecular flexibility index (Phi) is 3.31. The van der Waals surface area contributed by atoms with E-state index in [0.29, 0.717) is 6.54 Å². The van der Waals surface area contributed by atoms with Crippen molar-refractivity contribution < 1.29 is 9.39 Å². The second-order valence-corrected chi connectivity index (χ2v) is 5.69. The normalized spacial score (nSPS) is 19.5. The predicted molar refractivity (Wildman–Crippen MR) is 84.1 cm³/mol. The fourth-order valence-electron chi connectivity index (χ4n) is 2.51. The second kappa shape index (κ2) is 5.14. The molecule has 0 bridgehead atoms. The van der Waals surface area contributed by atoms with E-state index in [9.17, 15) is 4.79 Å². The van der Waals surface area contributed by atoms with Crippen molar-refractivity contribution in [1.82, 2.24) is 0 Å². The van der Waals surface area contributed by atoms with Gasteiger partial charge in [0.1, 0.15) is 5.71 Å². The molecule has 2 aromatic carbocycles. The standard InChI is InChI=1S/C17H17N3O/c1-20(2)12-16(21)18-15-11-7-6-10-14(15)17(19-20)13-8-4-3-5-9-13/h3-11H,12H2,1-2H3/p+1. The van der Waals surface area contributed by atoms with Crippen LogP contribution in [0.4, 0.5) is 5.69 Å². The molecule has 4 heteroatoms. The summed E-state index contributed by atoms with van der Waals surface area (Å²) in [5, 5.41) is 7.81. The lowest BCUT2D eigenvalue weighted by Gasteiger charge is -2.26. The van der Waals surface area contributed by atoms with Crippen molar-refractivity contribution in [3.05, 3.63) is 65.7 Å². The van der Waals surface area contributed by atoms with Crippen LogP contribution in [0.3, 0.4) is 0 Å². The maximum Gasteiger partial charge on any atom is 0.282 e. The molecule has 0 unspecified atom stereocenters. The Balaban J connectivity index is 2.23. The van der Waals surface area contributed by atoms with Crippen LogP contribution in [-0.2, 0) is 4.79 Å². The third kappa shape index (κ3) is 2.85. The van der Waals surface area contributed by atoms with E-state index >= 15 is 0 Å². The lowest BCUT2D eigenvalue weighted by atomic mass is 10.0. The molecule has 1 N–H and O–H groups in total. The zero-order valence-corrected chi connectivity index (χ0v) is 12.2. The topological polar surface area (TPSA) is 41.5 Å². The van der Waals surface area contributed by atoms with Crippen molar-refractivity contribution in [2.75, 3.05) is 26.0 Å². The summed E-state index contributed by atoms with van der Waals surface area (Å²) in [5.41, 5.74) is 3.70. The van der Waals surface area contributed by atoms with E-state index in [1.165, 1.54) is 0 Å². The molecule has 1 aliphatic rings. The Hall–Kier alpha value is -2.46. The van der Waals surface area contributed by atoms with Crippen molar-refractivity contribution in [1.29, 1.82) is 0 Å². The lowest BCUT2D eigenvalue weighted by molar-refractivity contribution is -0.888. The van der Waals surface area contributed by atoms with Crippen LogP contribution < -0.4 is 5.32 Å². The number of hydrogen-bond donors (Lipinski definition) is 1. The summed E-state index contributed by atoms with van der Waals surface area (Å²) in [6.45, 7) is 0.310. The van der Waals surface area contributed by atoms with Gasteiger partial charge in [-0.05, 0) is 6.07 Å². The minimum Gasteiger partial charge on any atom is -0.320 e. The number of amides is 1. The minimum atomic E-state index is -0.0247. The van der Waals surface area contributed by atoms with Crippen LogP contribution in [0.15, 0.2) is 59.7 Å². The van der Waals surface area contributed by atoms with E-state index in [2.05, 4.69) is 5.32 Å². The first kappa shape index (κ1) is 13.5. The van der Waals surface area contributed by atoms with E-state index in [1.54, 1.807) is 0 Å². The average molecular weight is 280 g/mol. The minimum absolute atomic E-state index is 0.0247. The summed E-state index contributed by atoms with van der Waals surface area (Å²) < 4.78 is 0.268. The maximum atomic E-state index is 12.1. The van der Waals surface area contributed by atoms with Crippen molar-refractivity contribution in [3.8, 4) is 0 Å². The number of rotatable bonds is 1. The third-order valence-electron chi connectivity index (χ3n) is 3.40. The zero-order valence-electron chi connectivity index (χ0n) is 12.2. The molecule has 0 fully saturated rings. The van der Waals surface area contributed by atoms with Crippen LogP contribution in [0.5, 0.6) is 0 Å². The second-order valence-electron chi connectivity index (χ2n) is 5.69. The van der Waals surface area contributed by atoms with Gasteiger partial charge in [-0.25, -0.2) is 0 Å². The van der Waals surface area contributed by atoms with Crippen molar-refractivity contribution >= 4 is 17.3 Å². The number of hydrogen-bond acceptors (Lipinski definition) is 2. The van der Waals surface area contributed by atoms with Crippen LogP contribution in [0.1, 0.15) is 11.1 Å². The van der Waals surface area contributed by atoms with Gasteiger partial charge in [-0.15, -0.1) is 0 Å². The molecule has 1 aliphatic heterocycles. The Morgan fingerprint density at radius 2 is 1.67 bits per heavy atom. The molecule has 3 rings (SSSR count). The summed E-state index contributed by atoms with van der Waals surface area (Å²) in [5.74, 6) is -0.0247. The number of carbonyl (C=O) groups is 1. The van der Waals surface area contributed by atoms with Crippen LogP contribution in [0.25, 0.3) is 0 Å². The molecule has 0 saturated heterocycles. The molecular weight excluding hydrogens is 262 g/mol. The van der Waals surface area contributed by atoms with Gasteiger partial charge in [0, 0.05) is 11.1 Å². The Bertz CT molecular complexity index is 705. The summed E-state index contributed by atoms with van der Waals surface area (Å²) in [6.07, 6.45) is 0. The number of quaternary nitrogens is 1. The number of fused-ring (bicyclic) bond motifs is 1. The van der Waals surface area contributed by atoms with Gasteiger partial charge in [-0.2, -0.15) is 4.59 Å². The fraction of sp³-hybridized carbons (Fsp3) is 0.176. The first-order valence-corrected chi connectivity index (χ1v) is 6.93. The average Bonchev–Trinajstić information content (AvgIpc) is 2.45. The van der Waals surface area contributed by atoms with Gasteiger partial charge < -0.3 is 5.32 Å². The molecule has 0 radical (unpaired) electrons. The number of anilines is 1. The first-order valence-electron chi connectivity index (χ1n) is 6.93. The Morgan fingerprint density at radius 3 is 2.43 bits per heavy atom. The molecule has 0 aliphatic carbocycles. The zero-order chi connectivity index (χ0) is 14.9. The molecule has 0 atom stereocenters. The fourth-order valence-corrected chi connectivity index (χ4v) is 2.51. The Morgan fingerprint density at radius 1 is 1.00 bits per heavy atom. The van der Waals surface area contributed by atoms with Crippen molar-refractivity contribution in [2.24, 2.45) is 5.10 Å². The number of benzene rings is 2. The van der Waals surface area contributed by atoms with Gasteiger partial charge in [-0.3, -0.25) is 4.79 Å². The van der Waals surface area contributed by atoms with E-state index in [1.807, 2.05) is 68.7 Å². The number of nitrogens with one attached hydrogen (secondary N) is 1. The number of carbonyl (C=O) groups excluding carboxylic acids is 1. The van der Waals surface area contributed by atoms with Gasteiger partial charge in [0.25, 0.3) is 5.91 Å². The molecule has 0 saturated carbocycles. The smallest absolute Gasteiger partial charge is 0.282 e. The number of nitrogens with zero attached hydrogens (tertiary/aromatic N) is 2. The van der Waals surface area contributed by atoms with Crippen LogP contribution >= 0.6 is 0 Å². The Labute approximate surface area is 124 Å². The first-order chi connectivity index (χ1) is 10.1. The number of para-hydroxylation sites is 1. The highest BCUT2D eigenvalue weighted by molar-refractivity contribution is 6.17. The maximum absolute atomic E-state index is 12.1. The van der Waals surface area contributed by atoms with Gasteiger partial charge in [0.2, 0.25) is 0 Å². The highest BCUT2D eigenvalue weighted by atomic mass is 16.2. The molecule has 106 valence electrons. The highest BCUT2D eigenvalue weighted by Crippen LogP contribution is 2.23. The van der Waals surface area contributed by atoms with E-state index in [-0.39, 0.29) is 10.5 Å². The van der Waals surface area contributed by atoms with Gasteiger partial charge in [-0.1, -0.05) is 53.6 Å². The molecule has 4 nitrogen and oxygen atoms in total. The predicted octanol–water partition coefficient (Wildman–Crippen LogP) is 2.47. The van der Waals surface area contributed by atoms with Crippen molar-refractivity contribution in [2.45, 2.75) is 0 Å². The SMILES string of the molecule is C[N+]1(C)CC(=O)Nc2ccccc2/C(c2ccccc2)=N\1. The summed E-state index contributed by atoms with van der Waals surface area (Å²) in [7, 11) is 3.85. The monoisotopic (exact) mass is 280 g/mol. The van der Waals surface area contributed by atoms with Gasteiger partial charge in [0.15, 0.2) is 6.54 Å². The highest BCUT2D eigenvalue weighted by Gasteiger charge is 2.27. The van der Waals surface area contributed by atoms with E-state index in [4.69, 9.17) is 5.10 Å². The molecule has 2 aromatic rings. The van der Waals surface area contributed by atoms with E-state index < -0.39 is 0 Å². The third-order valence-corrected chi connectivity index (χ3v) is 3.40. The number of likely N-dealkylation sites (N-methyl/N-ethyl adjacent to an activating group) is 1. The van der Waals surface area contributed by atoms with Crippen LogP contribution in [0.2, 0.25) is 0 Å². The summed E-state index contributed by atoms with van der Waals surface area (Å²) in [6, 6.07) is 17.9. The molecule has 0 aromatic heterocycles. The largest absolute Gasteiger partial charge is 0.320 e. The van der Waals surface area contributed by atoms with Crippen LogP contribution in [-0.4, -0.2) is 36.9 Å². The molecule has 21 heavy (non-hydrogen) atoms. The quantitative estimate of drug-likeness (QED) is 0.801. The van der Waals surface area contributed by atoms with Gasteiger partial charge >= 0.3 is 0 Å². The molecule has 0 spiro atoms. The lowest BCUT2D eigenvalue weighted by Crippen LogP contribution is -2.43. The van der Waals surface area contributed by atoms with Crippen molar-refractivity contribution in [3.63, 3.8) is 0 Å².